The van der Waals surface area contributed by atoms with E-state index in [-0.39, 0.29) is 35.8 Å². The topological polar surface area (TPSA) is 40.5 Å². The van der Waals surface area contributed by atoms with E-state index in [1.165, 1.54) is 24.8 Å². The van der Waals surface area contributed by atoms with E-state index in [1.54, 1.807) is 13.0 Å². The Morgan fingerprint density at radius 1 is 0.676 bits per heavy atom. The van der Waals surface area contributed by atoms with E-state index in [9.17, 15) is 0 Å². The van der Waals surface area contributed by atoms with Gasteiger partial charge in [-0.1, -0.05) is 134 Å². The van der Waals surface area contributed by atoms with Crippen LogP contribution < -0.4 is 0 Å². The lowest BCUT2D eigenvalue weighted by Crippen LogP contribution is -1.93. The Labute approximate surface area is 247 Å². The van der Waals surface area contributed by atoms with Gasteiger partial charge in [0.2, 0.25) is 0 Å². The first-order valence-electron chi connectivity index (χ1n) is 12.5. The van der Waals surface area contributed by atoms with Gasteiger partial charge in [0, 0.05) is 4.90 Å². The molecule has 0 radical (unpaired) electrons. The maximum Gasteiger partial charge on any atom is 0.118 e. The Bertz CT molecular complexity index is 553. The van der Waals surface area contributed by atoms with Crippen molar-refractivity contribution in [1.29, 1.82) is 0 Å². The molecular weight excluding hydrogens is 492 g/mol. The molecular formula is C33H70O2S2. The fraction of sp³-hybridized carbons (Fsp3) is 0.636. The van der Waals surface area contributed by atoms with Gasteiger partial charge in [-0.3, -0.25) is 0 Å². The van der Waals surface area contributed by atoms with Crippen LogP contribution in [-0.2, 0) is 12.8 Å². The van der Waals surface area contributed by atoms with Crippen molar-refractivity contribution in [2.75, 3.05) is 5.75 Å². The van der Waals surface area contributed by atoms with Gasteiger partial charge in [-0.2, -0.15) is 12.6 Å². The molecule has 0 amide bonds. The fourth-order valence-electron chi connectivity index (χ4n) is 1.62. The van der Waals surface area contributed by atoms with Crippen LogP contribution in [0.4, 0.5) is 0 Å². The molecule has 0 bridgehead atoms. The van der Waals surface area contributed by atoms with Crippen molar-refractivity contribution in [3.63, 3.8) is 0 Å². The SMILES string of the molecule is C.C.C.C.CCC.CCC.CCC(C)O.CCCS.CCc1ccccc1O.CCc1ccccc1S. The monoisotopic (exact) mass is 562 g/mol. The van der Waals surface area contributed by atoms with E-state index in [0.29, 0.717) is 5.75 Å². The summed E-state index contributed by atoms with van der Waals surface area (Å²) in [6.45, 7) is 18.5. The predicted octanol–water partition coefficient (Wildman–Crippen LogP) is 12.0. The number of hydrogen-bond acceptors (Lipinski definition) is 4. The molecule has 0 saturated heterocycles. The molecule has 2 nitrogen and oxygen atoms in total. The zero-order valence-corrected chi connectivity index (χ0v) is 24.7. The van der Waals surface area contributed by atoms with Crippen LogP contribution in [0.3, 0.4) is 0 Å². The summed E-state index contributed by atoms with van der Waals surface area (Å²) >= 11 is 8.20. The van der Waals surface area contributed by atoms with Crippen LogP contribution in [-0.4, -0.2) is 22.1 Å². The number of aliphatic hydroxyl groups excluding tert-OH is 1. The van der Waals surface area contributed by atoms with Crippen LogP contribution in [0, 0.1) is 0 Å². The van der Waals surface area contributed by atoms with E-state index in [1.807, 2.05) is 50.2 Å². The van der Waals surface area contributed by atoms with Gasteiger partial charge in [0.05, 0.1) is 6.10 Å². The van der Waals surface area contributed by atoms with Gasteiger partial charge in [-0.05, 0) is 61.6 Å². The number of para-hydroxylation sites is 1. The van der Waals surface area contributed by atoms with Gasteiger partial charge in [-0.15, -0.1) is 12.6 Å². The molecule has 37 heavy (non-hydrogen) atoms. The average molecular weight is 563 g/mol. The number of phenolic OH excluding ortho intramolecular Hbond substituents is 1. The number of aromatic hydroxyl groups is 1. The number of thiol groups is 2. The van der Waals surface area contributed by atoms with E-state index < -0.39 is 0 Å². The Kier molecular flexibility index (Phi) is 72.9. The molecule has 2 aromatic carbocycles. The van der Waals surface area contributed by atoms with Gasteiger partial charge in [-0.25, -0.2) is 0 Å². The second kappa shape index (κ2) is 48.0. The van der Waals surface area contributed by atoms with Crippen LogP contribution >= 0.6 is 25.3 Å². The Balaban J connectivity index is -0.0000000472. The number of aliphatic hydroxyl groups is 1. The Hall–Kier alpha value is -1.10. The smallest absolute Gasteiger partial charge is 0.118 e. The van der Waals surface area contributed by atoms with Crippen LogP contribution in [0.25, 0.3) is 0 Å². The molecule has 0 fully saturated rings. The van der Waals surface area contributed by atoms with Crippen molar-refractivity contribution in [1.82, 2.24) is 0 Å². The van der Waals surface area contributed by atoms with E-state index in [4.69, 9.17) is 10.2 Å². The highest BCUT2D eigenvalue weighted by atomic mass is 32.1. The minimum absolute atomic E-state index is 0. The van der Waals surface area contributed by atoms with E-state index >= 15 is 0 Å². The summed E-state index contributed by atoms with van der Waals surface area (Å²) in [5.41, 5.74) is 2.33. The van der Waals surface area contributed by atoms with Crippen LogP contribution in [0.15, 0.2) is 53.4 Å². The van der Waals surface area contributed by atoms with E-state index in [2.05, 4.69) is 72.9 Å². The summed E-state index contributed by atoms with van der Waals surface area (Å²) in [7, 11) is 0. The summed E-state index contributed by atoms with van der Waals surface area (Å²) in [6.07, 6.45) is 6.39. The maximum atomic E-state index is 9.11. The molecule has 0 spiro atoms. The first kappa shape index (κ1) is 56.2. The fourth-order valence-corrected chi connectivity index (χ4v) is 1.94. The van der Waals surface area contributed by atoms with Crippen LogP contribution in [0.2, 0.25) is 0 Å². The summed E-state index contributed by atoms with van der Waals surface area (Å²) in [5, 5.41) is 17.5. The molecule has 2 rings (SSSR count). The molecule has 2 aromatic rings. The highest BCUT2D eigenvalue weighted by Crippen LogP contribution is 2.15. The summed E-state index contributed by atoms with van der Waals surface area (Å²) in [4.78, 5) is 1.10. The quantitative estimate of drug-likeness (QED) is 0.280. The molecule has 0 aliphatic carbocycles. The molecule has 2 N–H and O–H groups in total. The number of rotatable bonds is 4. The van der Waals surface area contributed by atoms with Crippen molar-refractivity contribution in [3.05, 3.63) is 59.7 Å². The molecule has 1 atom stereocenters. The first-order chi connectivity index (χ1) is 15.7. The van der Waals surface area contributed by atoms with Crippen molar-refractivity contribution in [3.8, 4) is 5.75 Å². The Morgan fingerprint density at radius 3 is 1.16 bits per heavy atom. The molecule has 0 aliphatic rings. The Morgan fingerprint density at radius 2 is 0.973 bits per heavy atom. The third-order valence-corrected chi connectivity index (χ3v) is 4.44. The largest absolute Gasteiger partial charge is 0.508 e. The van der Waals surface area contributed by atoms with Gasteiger partial charge >= 0.3 is 0 Å². The lowest BCUT2D eigenvalue weighted by atomic mass is 10.1. The van der Waals surface area contributed by atoms with Crippen LogP contribution in [0.1, 0.15) is 129 Å². The van der Waals surface area contributed by atoms with Gasteiger partial charge in [0.25, 0.3) is 0 Å². The number of benzene rings is 2. The third kappa shape index (κ3) is 48.5. The maximum absolute atomic E-state index is 9.11. The summed E-state index contributed by atoms with van der Waals surface area (Å²) in [6, 6.07) is 15.5. The molecule has 0 aromatic heterocycles. The van der Waals surface area contributed by atoms with E-state index in [0.717, 1.165) is 35.5 Å². The highest BCUT2D eigenvalue weighted by molar-refractivity contribution is 7.80. The standard InChI is InChI=1S/C8H10O.C8H10S.C4H10O.C3H8S.2C3H8.4CH4/c2*1-2-7-5-3-4-6-8(7)9;1-3-4(2)5;1-2-3-4;2*1-3-2;;;;/h2*3-6,9H,2H2,1H3;4-5H,3H2,1-2H3;4H,2-3H2,1H3;2*3H2,1-2H3;4*1H4. The van der Waals surface area contributed by atoms with Crippen molar-refractivity contribution < 1.29 is 10.2 Å². The van der Waals surface area contributed by atoms with Crippen molar-refractivity contribution >= 4 is 25.3 Å². The minimum Gasteiger partial charge on any atom is -0.508 e. The van der Waals surface area contributed by atoms with Crippen molar-refractivity contribution in [2.45, 2.75) is 142 Å². The molecule has 0 saturated carbocycles. The van der Waals surface area contributed by atoms with Gasteiger partial charge in [0.1, 0.15) is 5.75 Å². The van der Waals surface area contributed by atoms with Crippen molar-refractivity contribution in [2.24, 2.45) is 0 Å². The zero-order chi connectivity index (χ0) is 26.5. The van der Waals surface area contributed by atoms with Gasteiger partial charge in [0.15, 0.2) is 0 Å². The molecule has 4 heteroatoms. The number of aryl methyl sites for hydroxylation is 2. The average Bonchev–Trinajstić information content (AvgIpc) is 2.82. The molecule has 0 aliphatic heterocycles. The zero-order valence-electron chi connectivity index (χ0n) is 22.9. The number of hydrogen-bond donors (Lipinski definition) is 4. The second-order valence-corrected chi connectivity index (χ2v) is 8.29. The predicted molar refractivity (Wildman–Crippen MR) is 186 cm³/mol. The normalized spacial score (nSPS) is 8.43. The first-order valence-corrected chi connectivity index (χ1v) is 13.6. The highest BCUT2D eigenvalue weighted by Gasteiger charge is 1.92. The summed E-state index contributed by atoms with van der Waals surface area (Å²) < 4.78 is 0. The number of phenols is 1. The lowest BCUT2D eigenvalue weighted by molar-refractivity contribution is 0.191. The molecule has 226 valence electrons. The molecule has 0 heterocycles. The minimum atomic E-state index is -0.116. The lowest BCUT2D eigenvalue weighted by Gasteiger charge is -1.97. The van der Waals surface area contributed by atoms with Gasteiger partial charge < -0.3 is 10.2 Å². The third-order valence-electron chi connectivity index (χ3n) is 3.56. The van der Waals surface area contributed by atoms with Crippen LogP contribution in [0.5, 0.6) is 5.75 Å². The summed E-state index contributed by atoms with van der Waals surface area (Å²) in [5.74, 6) is 1.42. The molecule has 1 unspecified atom stereocenters. The second-order valence-electron chi connectivity index (χ2n) is 7.36.